The lowest BCUT2D eigenvalue weighted by molar-refractivity contribution is -0.163. The number of allylic oxidation sites excluding steroid dienone is 10. The summed E-state index contributed by atoms with van der Waals surface area (Å²) in [4.78, 5) is 24.8. The van der Waals surface area contributed by atoms with Crippen molar-refractivity contribution in [3.05, 3.63) is 60.8 Å². The SMILES string of the molecule is CC/C=C\C/C=C\C/C=C\C/C=C\C/C=C\CCCC(=O)OCC(COCCCCCCCCCCCC)OC(=O)CCCCCCC. The van der Waals surface area contributed by atoms with Gasteiger partial charge in [-0.05, 0) is 57.8 Å². The molecule has 276 valence electrons. The van der Waals surface area contributed by atoms with Crippen molar-refractivity contribution < 1.29 is 23.8 Å². The summed E-state index contributed by atoms with van der Waals surface area (Å²) in [6.45, 7) is 7.56. The normalized spacial score (nSPS) is 12.8. The van der Waals surface area contributed by atoms with Crippen LogP contribution in [-0.4, -0.2) is 37.9 Å². The molecule has 1 unspecified atom stereocenters. The van der Waals surface area contributed by atoms with Gasteiger partial charge in [0, 0.05) is 19.4 Å². The molecule has 0 saturated carbocycles. The van der Waals surface area contributed by atoms with Gasteiger partial charge in [-0.1, -0.05) is 165 Å². The number of hydrogen-bond acceptors (Lipinski definition) is 5. The predicted octanol–water partition coefficient (Wildman–Crippen LogP) is 12.7. The van der Waals surface area contributed by atoms with Crippen LogP contribution in [-0.2, 0) is 23.8 Å². The molecule has 0 radical (unpaired) electrons. The van der Waals surface area contributed by atoms with E-state index in [0.717, 1.165) is 77.0 Å². The van der Waals surface area contributed by atoms with Crippen molar-refractivity contribution in [2.45, 2.75) is 181 Å². The summed E-state index contributed by atoms with van der Waals surface area (Å²) in [6.07, 6.45) is 46.7. The lowest BCUT2D eigenvalue weighted by atomic mass is 10.1. The summed E-state index contributed by atoms with van der Waals surface area (Å²) in [7, 11) is 0. The minimum atomic E-state index is -0.550. The molecule has 1 atom stereocenters. The molecule has 0 aromatic heterocycles. The van der Waals surface area contributed by atoms with Gasteiger partial charge in [0.2, 0.25) is 0 Å². The molecule has 0 amide bonds. The van der Waals surface area contributed by atoms with Crippen molar-refractivity contribution in [2.75, 3.05) is 19.8 Å². The third-order valence-electron chi connectivity index (χ3n) is 8.07. The molecule has 0 heterocycles. The third-order valence-corrected chi connectivity index (χ3v) is 8.07. The lowest BCUT2D eigenvalue weighted by Crippen LogP contribution is -2.30. The van der Waals surface area contributed by atoms with Crippen LogP contribution < -0.4 is 0 Å². The van der Waals surface area contributed by atoms with Gasteiger partial charge in [0.1, 0.15) is 6.61 Å². The molecule has 5 heteroatoms. The Balaban J connectivity index is 4.20. The highest BCUT2D eigenvalue weighted by Crippen LogP contribution is 2.12. The highest BCUT2D eigenvalue weighted by Gasteiger charge is 2.17. The summed E-state index contributed by atoms with van der Waals surface area (Å²) in [5.74, 6) is -0.480. The van der Waals surface area contributed by atoms with E-state index in [0.29, 0.717) is 19.4 Å². The van der Waals surface area contributed by atoms with Gasteiger partial charge in [-0.3, -0.25) is 9.59 Å². The molecule has 0 bridgehead atoms. The summed E-state index contributed by atoms with van der Waals surface area (Å²) < 4.78 is 17.0. The standard InChI is InChI=1S/C43H74O5/c1-4-7-10-13-15-17-19-20-21-22-23-24-25-26-28-31-33-36-42(44)47-40-41(48-43(45)37-34-30-12-9-6-3)39-46-38-35-32-29-27-18-16-14-11-8-5-2/h7,10,15,17,20-21,23-24,26,28,41H,4-6,8-9,11-14,16,18-19,22,25,27,29-40H2,1-3H3/b10-7-,17-15-,21-20-,24-23-,28-26-. The summed E-state index contributed by atoms with van der Waals surface area (Å²) in [6, 6.07) is 0. The van der Waals surface area contributed by atoms with E-state index in [9.17, 15) is 9.59 Å². The molecule has 0 aliphatic carbocycles. The van der Waals surface area contributed by atoms with Crippen LogP contribution in [0.1, 0.15) is 175 Å². The van der Waals surface area contributed by atoms with Crippen molar-refractivity contribution in [1.82, 2.24) is 0 Å². The molecule has 0 rings (SSSR count). The fraction of sp³-hybridized carbons (Fsp3) is 0.721. The molecule has 0 aromatic rings. The van der Waals surface area contributed by atoms with Gasteiger partial charge in [-0.15, -0.1) is 0 Å². The topological polar surface area (TPSA) is 61.8 Å². The lowest BCUT2D eigenvalue weighted by Gasteiger charge is -2.18. The molecule has 0 aliphatic heterocycles. The fourth-order valence-electron chi connectivity index (χ4n) is 5.13. The third kappa shape index (κ3) is 36.4. The van der Waals surface area contributed by atoms with Gasteiger partial charge < -0.3 is 14.2 Å². The summed E-state index contributed by atoms with van der Waals surface area (Å²) >= 11 is 0. The maximum Gasteiger partial charge on any atom is 0.306 e. The first-order valence-electron chi connectivity index (χ1n) is 19.8. The van der Waals surface area contributed by atoms with Crippen molar-refractivity contribution in [1.29, 1.82) is 0 Å². The minimum Gasteiger partial charge on any atom is -0.462 e. The second-order valence-electron chi connectivity index (χ2n) is 12.8. The molecule has 0 aliphatic rings. The first-order chi connectivity index (χ1) is 23.6. The van der Waals surface area contributed by atoms with Crippen LogP contribution in [0, 0.1) is 0 Å². The zero-order valence-corrected chi connectivity index (χ0v) is 31.5. The van der Waals surface area contributed by atoms with Crippen LogP contribution in [0.5, 0.6) is 0 Å². The Morgan fingerprint density at radius 1 is 0.479 bits per heavy atom. The van der Waals surface area contributed by atoms with Crippen molar-refractivity contribution in [3.63, 3.8) is 0 Å². The average Bonchev–Trinajstić information content (AvgIpc) is 3.08. The number of ether oxygens (including phenoxy) is 3. The summed E-state index contributed by atoms with van der Waals surface area (Å²) in [5.41, 5.74) is 0. The first kappa shape index (κ1) is 45.6. The fourth-order valence-corrected chi connectivity index (χ4v) is 5.13. The molecule has 0 fully saturated rings. The van der Waals surface area contributed by atoms with Gasteiger partial charge in [0.15, 0.2) is 6.10 Å². The molecule has 0 spiro atoms. The van der Waals surface area contributed by atoms with Crippen LogP contribution in [0.3, 0.4) is 0 Å². The molecule has 0 N–H and O–H groups in total. The molecular weight excluding hydrogens is 596 g/mol. The number of esters is 2. The summed E-state index contributed by atoms with van der Waals surface area (Å²) in [5, 5.41) is 0. The van der Waals surface area contributed by atoms with Gasteiger partial charge >= 0.3 is 11.9 Å². The molecule has 0 aromatic carbocycles. The van der Waals surface area contributed by atoms with Crippen LogP contribution in [0.4, 0.5) is 0 Å². The Kier molecular flexibility index (Phi) is 37.1. The highest BCUT2D eigenvalue weighted by molar-refractivity contribution is 5.70. The monoisotopic (exact) mass is 671 g/mol. The molecular formula is C43H74O5. The van der Waals surface area contributed by atoms with E-state index in [1.54, 1.807) is 0 Å². The number of hydrogen-bond donors (Lipinski definition) is 0. The van der Waals surface area contributed by atoms with Gasteiger partial charge in [-0.25, -0.2) is 0 Å². The highest BCUT2D eigenvalue weighted by atomic mass is 16.6. The zero-order chi connectivity index (χ0) is 35.0. The van der Waals surface area contributed by atoms with E-state index >= 15 is 0 Å². The first-order valence-corrected chi connectivity index (χ1v) is 19.8. The van der Waals surface area contributed by atoms with Crippen LogP contribution in [0.2, 0.25) is 0 Å². The van der Waals surface area contributed by atoms with Gasteiger partial charge in [0.25, 0.3) is 0 Å². The number of rotatable bonds is 35. The largest absolute Gasteiger partial charge is 0.462 e. The number of unbranched alkanes of at least 4 members (excludes halogenated alkanes) is 14. The Morgan fingerprint density at radius 3 is 1.48 bits per heavy atom. The van der Waals surface area contributed by atoms with E-state index in [4.69, 9.17) is 14.2 Å². The van der Waals surface area contributed by atoms with Crippen molar-refractivity contribution in [2.24, 2.45) is 0 Å². The Hall–Kier alpha value is -2.40. The number of carbonyl (C=O) groups excluding carboxylic acids is 2. The maximum atomic E-state index is 12.5. The van der Waals surface area contributed by atoms with E-state index in [1.165, 1.54) is 64.2 Å². The molecule has 5 nitrogen and oxygen atoms in total. The minimum absolute atomic E-state index is 0.0557. The van der Waals surface area contributed by atoms with Crippen molar-refractivity contribution in [3.8, 4) is 0 Å². The maximum absolute atomic E-state index is 12.5. The van der Waals surface area contributed by atoms with Crippen LogP contribution >= 0.6 is 0 Å². The quantitative estimate of drug-likeness (QED) is 0.0381. The van der Waals surface area contributed by atoms with Crippen LogP contribution in [0.15, 0.2) is 60.8 Å². The Morgan fingerprint density at radius 2 is 0.938 bits per heavy atom. The van der Waals surface area contributed by atoms with E-state index in [1.807, 2.05) is 0 Å². The van der Waals surface area contributed by atoms with E-state index < -0.39 is 6.10 Å². The Bertz CT molecular complexity index is 853. The average molecular weight is 671 g/mol. The number of carbonyl (C=O) groups is 2. The zero-order valence-electron chi connectivity index (χ0n) is 31.5. The Labute approximate surface area is 296 Å². The predicted molar refractivity (Wildman–Crippen MR) is 205 cm³/mol. The van der Waals surface area contributed by atoms with Gasteiger partial charge in [0.05, 0.1) is 6.61 Å². The van der Waals surface area contributed by atoms with E-state index in [-0.39, 0.29) is 25.2 Å². The second-order valence-corrected chi connectivity index (χ2v) is 12.8. The second kappa shape index (κ2) is 39.0. The molecule has 0 saturated heterocycles. The smallest absolute Gasteiger partial charge is 0.306 e. The molecule has 48 heavy (non-hydrogen) atoms. The van der Waals surface area contributed by atoms with E-state index in [2.05, 4.69) is 81.5 Å². The van der Waals surface area contributed by atoms with Crippen LogP contribution in [0.25, 0.3) is 0 Å². The van der Waals surface area contributed by atoms with Crippen molar-refractivity contribution >= 4 is 11.9 Å². The van der Waals surface area contributed by atoms with Gasteiger partial charge in [-0.2, -0.15) is 0 Å².